The summed E-state index contributed by atoms with van der Waals surface area (Å²) in [5.74, 6) is 0. The summed E-state index contributed by atoms with van der Waals surface area (Å²) >= 11 is 0. The van der Waals surface area contributed by atoms with Gasteiger partial charge in [-0.15, -0.1) is 0 Å². The molecule has 3 heteroatoms. The molecule has 0 radical (unpaired) electrons. The van der Waals surface area contributed by atoms with Crippen LogP contribution in [0.2, 0.25) is 0 Å². The first-order chi connectivity index (χ1) is 7.72. The standard InChI is InChI=1S/C13H19NO2/c1-10(11-6-4-3-5-7-11)14-8-12(15)13(9-14)16-2/h3-7,10,12-13,15H,8-9H2,1-2H3/t10?,12-,13-/m0/s1. The van der Waals surface area contributed by atoms with Crippen LogP contribution < -0.4 is 0 Å². The molecule has 1 fully saturated rings. The van der Waals surface area contributed by atoms with E-state index in [-0.39, 0.29) is 12.2 Å². The number of benzene rings is 1. The fraction of sp³-hybridized carbons (Fsp3) is 0.538. The van der Waals surface area contributed by atoms with Gasteiger partial charge in [-0.2, -0.15) is 0 Å². The average Bonchev–Trinajstić information content (AvgIpc) is 2.71. The lowest BCUT2D eigenvalue weighted by Crippen LogP contribution is -2.26. The molecule has 1 heterocycles. The summed E-state index contributed by atoms with van der Waals surface area (Å²) in [6.45, 7) is 3.66. The molecule has 1 saturated heterocycles. The Labute approximate surface area is 96.6 Å². The van der Waals surface area contributed by atoms with Crippen molar-refractivity contribution in [3.63, 3.8) is 0 Å². The fourth-order valence-corrected chi connectivity index (χ4v) is 2.28. The van der Waals surface area contributed by atoms with E-state index in [9.17, 15) is 5.11 Å². The van der Waals surface area contributed by atoms with Crippen LogP contribution in [-0.4, -0.2) is 42.4 Å². The predicted octanol–water partition coefficient (Wildman–Crippen LogP) is 1.44. The van der Waals surface area contributed by atoms with Gasteiger partial charge in [0.2, 0.25) is 0 Å². The van der Waals surface area contributed by atoms with Gasteiger partial charge in [-0.3, -0.25) is 4.90 Å². The molecule has 88 valence electrons. The van der Waals surface area contributed by atoms with Crippen LogP contribution in [0.15, 0.2) is 30.3 Å². The fourth-order valence-electron chi connectivity index (χ4n) is 2.28. The summed E-state index contributed by atoms with van der Waals surface area (Å²) in [5.41, 5.74) is 1.28. The maximum absolute atomic E-state index is 9.79. The van der Waals surface area contributed by atoms with Crippen LogP contribution in [0.25, 0.3) is 0 Å². The first kappa shape index (κ1) is 11.6. The molecule has 0 saturated carbocycles. The molecule has 1 aliphatic heterocycles. The van der Waals surface area contributed by atoms with Crippen LogP contribution in [0.5, 0.6) is 0 Å². The summed E-state index contributed by atoms with van der Waals surface area (Å²) in [6, 6.07) is 10.7. The number of nitrogens with zero attached hydrogens (tertiary/aromatic N) is 1. The van der Waals surface area contributed by atoms with Gasteiger partial charge in [0.1, 0.15) is 0 Å². The molecule has 0 aromatic heterocycles. The third-order valence-electron chi connectivity index (χ3n) is 3.40. The van der Waals surface area contributed by atoms with Crippen LogP contribution in [0, 0.1) is 0 Å². The first-order valence-corrected chi connectivity index (χ1v) is 5.72. The zero-order valence-electron chi connectivity index (χ0n) is 9.84. The van der Waals surface area contributed by atoms with Gasteiger partial charge >= 0.3 is 0 Å². The van der Waals surface area contributed by atoms with Gasteiger partial charge in [0.05, 0.1) is 12.2 Å². The molecule has 0 amide bonds. The molecule has 1 aliphatic rings. The molecule has 3 atom stereocenters. The molecule has 16 heavy (non-hydrogen) atoms. The Bertz CT molecular complexity index is 328. The van der Waals surface area contributed by atoms with E-state index in [2.05, 4.69) is 24.0 Å². The number of hydrogen-bond donors (Lipinski definition) is 1. The Morgan fingerprint density at radius 2 is 2.00 bits per heavy atom. The maximum atomic E-state index is 9.79. The predicted molar refractivity (Wildman–Crippen MR) is 63.2 cm³/mol. The minimum Gasteiger partial charge on any atom is -0.389 e. The van der Waals surface area contributed by atoms with E-state index in [0.717, 1.165) is 6.54 Å². The zero-order chi connectivity index (χ0) is 11.5. The number of hydrogen-bond acceptors (Lipinski definition) is 3. The van der Waals surface area contributed by atoms with Crippen LogP contribution in [0.4, 0.5) is 0 Å². The van der Waals surface area contributed by atoms with Crippen molar-refractivity contribution in [3.05, 3.63) is 35.9 Å². The van der Waals surface area contributed by atoms with Gasteiger partial charge in [-0.05, 0) is 12.5 Å². The van der Waals surface area contributed by atoms with Crippen molar-refractivity contribution < 1.29 is 9.84 Å². The molecule has 1 unspecified atom stereocenters. The molecular formula is C13H19NO2. The van der Waals surface area contributed by atoms with Crippen molar-refractivity contribution in [3.8, 4) is 0 Å². The Hall–Kier alpha value is -0.900. The van der Waals surface area contributed by atoms with E-state index < -0.39 is 0 Å². The molecule has 0 aliphatic carbocycles. The zero-order valence-corrected chi connectivity index (χ0v) is 9.84. The van der Waals surface area contributed by atoms with Gasteiger partial charge in [-0.25, -0.2) is 0 Å². The SMILES string of the molecule is CO[C@H]1CN(C(C)c2ccccc2)C[C@@H]1O. The smallest absolute Gasteiger partial charge is 0.0969 e. The van der Waals surface area contributed by atoms with Gasteiger partial charge in [0.25, 0.3) is 0 Å². The van der Waals surface area contributed by atoms with Crippen molar-refractivity contribution in [1.82, 2.24) is 4.90 Å². The number of methoxy groups -OCH3 is 1. The maximum Gasteiger partial charge on any atom is 0.0969 e. The summed E-state index contributed by atoms with van der Waals surface area (Å²) in [4.78, 5) is 2.26. The van der Waals surface area contributed by atoms with Crippen molar-refractivity contribution in [1.29, 1.82) is 0 Å². The number of rotatable bonds is 3. The minimum atomic E-state index is -0.365. The van der Waals surface area contributed by atoms with Crippen molar-refractivity contribution in [2.75, 3.05) is 20.2 Å². The van der Waals surface area contributed by atoms with Crippen molar-refractivity contribution in [2.45, 2.75) is 25.2 Å². The van der Waals surface area contributed by atoms with Gasteiger partial charge in [0.15, 0.2) is 0 Å². The highest BCUT2D eigenvalue weighted by atomic mass is 16.5. The highest BCUT2D eigenvalue weighted by Gasteiger charge is 2.33. The molecule has 1 aromatic rings. The Morgan fingerprint density at radius 3 is 2.56 bits per heavy atom. The topological polar surface area (TPSA) is 32.7 Å². The lowest BCUT2D eigenvalue weighted by Gasteiger charge is -2.24. The second-order valence-electron chi connectivity index (χ2n) is 4.38. The average molecular weight is 221 g/mol. The highest BCUT2D eigenvalue weighted by Crippen LogP contribution is 2.25. The summed E-state index contributed by atoms with van der Waals surface area (Å²) < 4.78 is 5.25. The van der Waals surface area contributed by atoms with E-state index in [4.69, 9.17) is 4.74 Å². The second-order valence-corrected chi connectivity index (χ2v) is 4.38. The number of likely N-dealkylation sites (tertiary alicyclic amines) is 1. The van der Waals surface area contributed by atoms with Crippen LogP contribution >= 0.6 is 0 Å². The van der Waals surface area contributed by atoms with Crippen LogP contribution in [0.3, 0.4) is 0 Å². The number of aliphatic hydroxyl groups is 1. The Balaban J connectivity index is 2.04. The van der Waals surface area contributed by atoms with Crippen molar-refractivity contribution >= 4 is 0 Å². The molecule has 0 bridgehead atoms. The summed E-state index contributed by atoms with van der Waals surface area (Å²) in [7, 11) is 1.66. The number of ether oxygens (including phenoxy) is 1. The molecule has 1 N–H and O–H groups in total. The van der Waals surface area contributed by atoms with E-state index in [1.54, 1.807) is 7.11 Å². The normalized spacial score (nSPS) is 28.2. The third kappa shape index (κ3) is 2.26. The molecule has 3 nitrogen and oxygen atoms in total. The van der Waals surface area contributed by atoms with Gasteiger partial charge < -0.3 is 9.84 Å². The monoisotopic (exact) mass is 221 g/mol. The van der Waals surface area contributed by atoms with Gasteiger partial charge in [0, 0.05) is 26.2 Å². The molecule has 0 spiro atoms. The Morgan fingerprint density at radius 1 is 1.31 bits per heavy atom. The van der Waals surface area contributed by atoms with E-state index in [0.29, 0.717) is 12.6 Å². The van der Waals surface area contributed by atoms with E-state index in [1.165, 1.54) is 5.56 Å². The molecule has 1 aromatic carbocycles. The van der Waals surface area contributed by atoms with Crippen molar-refractivity contribution in [2.24, 2.45) is 0 Å². The number of β-amino-alcohol motifs (C(OH)–C–C–N with tert-alkyl or cyclic N) is 1. The van der Waals surface area contributed by atoms with Gasteiger partial charge in [-0.1, -0.05) is 30.3 Å². The summed E-state index contributed by atoms with van der Waals surface area (Å²) in [5, 5.41) is 9.79. The lowest BCUT2D eigenvalue weighted by atomic mass is 10.1. The molecular weight excluding hydrogens is 202 g/mol. The Kier molecular flexibility index (Phi) is 3.59. The second kappa shape index (κ2) is 4.95. The largest absolute Gasteiger partial charge is 0.389 e. The third-order valence-corrected chi connectivity index (χ3v) is 3.40. The van der Waals surface area contributed by atoms with E-state index in [1.807, 2.05) is 18.2 Å². The molecule has 2 rings (SSSR count). The lowest BCUT2D eigenvalue weighted by molar-refractivity contribution is 0.0214. The number of aliphatic hydroxyl groups excluding tert-OH is 1. The first-order valence-electron chi connectivity index (χ1n) is 5.72. The summed E-state index contributed by atoms with van der Waals surface area (Å²) in [6.07, 6.45) is -0.415. The minimum absolute atomic E-state index is 0.0498. The quantitative estimate of drug-likeness (QED) is 0.838. The highest BCUT2D eigenvalue weighted by molar-refractivity contribution is 5.18. The van der Waals surface area contributed by atoms with Crippen LogP contribution in [-0.2, 0) is 4.74 Å². The van der Waals surface area contributed by atoms with Crippen LogP contribution in [0.1, 0.15) is 18.5 Å². The van der Waals surface area contributed by atoms with E-state index >= 15 is 0 Å².